The van der Waals surface area contributed by atoms with E-state index >= 15 is 0 Å². The molecule has 0 aromatic heterocycles. The van der Waals surface area contributed by atoms with Crippen LogP contribution in [0.3, 0.4) is 0 Å². The minimum absolute atomic E-state index is 0.0909. The number of unbranched alkanes of at least 4 members (excludes halogenated alkanes) is 4. The Balaban J connectivity index is 3.93. The van der Waals surface area contributed by atoms with E-state index in [1.165, 1.54) is 13.8 Å². The van der Waals surface area contributed by atoms with Gasteiger partial charge in [-0.15, -0.1) is 0 Å². The maximum absolute atomic E-state index is 12.2. The zero-order valence-electron chi connectivity index (χ0n) is 17.0. The fourth-order valence-electron chi connectivity index (χ4n) is 2.40. The highest BCUT2D eigenvalue weighted by atomic mass is 31.2. The third-order valence-corrected chi connectivity index (χ3v) is 4.81. The zero-order chi connectivity index (χ0) is 21.4. The highest BCUT2D eigenvalue weighted by molar-refractivity contribution is 7.47. The van der Waals surface area contributed by atoms with Crippen LogP contribution in [0.1, 0.15) is 58.8 Å². The summed E-state index contributed by atoms with van der Waals surface area (Å²) in [5, 5.41) is 8.15. The molecule has 0 aromatic carbocycles. The summed E-state index contributed by atoms with van der Waals surface area (Å²) in [7, 11) is -2.79. The van der Waals surface area contributed by atoms with Crippen molar-refractivity contribution in [3.8, 4) is 0 Å². The fraction of sp³-hybridized carbons (Fsp3) is 0.824. The molecule has 0 aliphatic rings. The zero-order valence-corrected chi connectivity index (χ0v) is 17.9. The molecule has 0 aromatic rings. The Morgan fingerprint density at radius 2 is 1.54 bits per heavy atom. The maximum atomic E-state index is 12.2. The second kappa shape index (κ2) is 15.4. The molecule has 0 fully saturated rings. The molecule has 0 saturated carbocycles. The van der Waals surface area contributed by atoms with E-state index in [9.17, 15) is 18.9 Å². The molecule has 0 rings (SSSR count). The van der Waals surface area contributed by atoms with Gasteiger partial charge in [-0.3, -0.25) is 23.4 Å². The van der Waals surface area contributed by atoms with Crippen LogP contribution in [0, 0.1) is 0 Å². The lowest BCUT2D eigenvalue weighted by molar-refractivity contribution is -0.128. The molecule has 0 aliphatic heterocycles. The van der Waals surface area contributed by atoms with Gasteiger partial charge in [-0.25, -0.2) is 4.57 Å². The summed E-state index contributed by atoms with van der Waals surface area (Å²) in [6.45, 7) is 3.98. The molecular weight excluding hydrogens is 389 g/mol. The first-order chi connectivity index (χ1) is 13.2. The summed E-state index contributed by atoms with van der Waals surface area (Å²) >= 11 is 0. The Hall–Kier alpha value is -1.48. The van der Waals surface area contributed by atoms with E-state index in [0.29, 0.717) is 32.4 Å². The van der Waals surface area contributed by atoms with Crippen molar-refractivity contribution in [2.24, 2.45) is 0 Å². The molecular formula is C17H34N3O7P. The van der Waals surface area contributed by atoms with Crippen LogP contribution in [0.2, 0.25) is 0 Å². The van der Waals surface area contributed by atoms with Gasteiger partial charge in [0.15, 0.2) is 0 Å². The summed E-state index contributed by atoms with van der Waals surface area (Å²) in [5.41, 5.74) is 0. The van der Waals surface area contributed by atoms with Gasteiger partial charge < -0.3 is 20.8 Å². The second-order valence-corrected chi connectivity index (χ2v) is 7.98. The normalized spacial score (nSPS) is 14.0. The SMILES string of the molecule is COP(=O)(O)OCCCCCCNC(=O)[C@H](CCCCNC(C)=O)NC(C)=O. The van der Waals surface area contributed by atoms with Gasteiger partial charge in [0.2, 0.25) is 17.7 Å². The Labute approximate surface area is 166 Å². The van der Waals surface area contributed by atoms with Crippen molar-refractivity contribution >= 4 is 25.5 Å². The number of carbonyl (C=O) groups excluding carboxylic acids is 3. The minimum Gasteiger partial charge on any atom is -0.356 e. The molecule has 0 radical (unpaired) electrons. The van der Waals surface area contributed by atoms with Gasteiger partial charge in [0.25, 0.3) is 0 Å². The van der Waals surface area contributed by atoms with Crippen LogP contribution in [0.25, 0.3) is 0 Å². The summed E-state index contributed by atoms with van der Waals surface area (Å²) in [5.74, 6) is -0.578. The third kappa shape index (κ3) is 15.6. The van der Waals surface area contributed by atoms with Gasteiger partial charge in [-0.1, -0.05) is 12.8 Å². The van der Waals surface area contributed by atoms with Gasteiger partial charge in [-0.05, 0) is 32.1 Å². The van der Waals surface area contributed by atoms with Crippen molar-refractivity contribution in [2.45, 2.75) is 64.8 Å². The van der Waals surface area contributed by atoms with Crippen molar-refractivity contribution in [2.75, 3.05) is 26.8 Å². The maximum Gasteiger partial charge on any atom is 0.471 e. The van der Waals surface area contributed by atoms with Crippen molar-refractivity contribution in [3.63, 3.8) is 0 Å². The van der Waals surface area contributed by atoms with Crippen LogP contribution >= 0.6 is 7.82 Å². The largest absolute Gasteiger partial charge is 0.471 e. The van der Waals surface area contributed by atoms with Crippen molar-refractivity contribution in [1.29, 1.82) is 0 Å². The van der Waals surface area contributed by atoms with Crippen molar-refractivity contribution < 1.29 is 32.9 Å². The molecule has 4 N–H and O–H groups in total. The first-order valence-corrected chi connectivity index (χ1v) is 11.0. The number of hydrogen-bond acceptors (Lipinski definition) is 6. The van der Waals surface area contributed by atoms with Gasteiger partial charge in [0.1, 0.15) is 6.04 Å². The molecule has 0 spiro atoms. The summed E-state index contributed by atoms with van der Waals surface area (Å²) < 4.78 is 20.1. The van der Waals surface area contributed by atoms with Crippen LogP contribution in [-0.2, 0) is 28.0 Å². The molecule has 2 atom stereocenters. The molecule has 0 saturated heterocycles. The smallest absolute Gasteiger partial charge is 0.356 e. The van der Waals surface area contributed by atoms with E-state index in [2.05, 4.69) is 20.5 Å². The van der Waals surface area contributed by atoms with E-state index in [4.69, 9.17) is 9.42 Å². The average molecular weight is 423 g/mol. The van der Waals surface area contributed by atoms with E-state index in [1.54, 1.807) is 0 Å². The number of nitrogens with one attached hydrogen (secondary N) is 3. The number of phosphoric acid groups is 1. The molecule has 164 valence electrons. The topological polar surface area (TPSA) is 143 Å². The van der Waals surface area contributed by atoms with Gasteiger partial charge in [-0.2, -0.15) is 0 Å². The summed E-state index contributed by atoms with van der Waals surface area (Å²) in [4.78, 5) is 43.4. The predicted octanol–water partition coefficient (Wildman–Crippen LogP) is 1.24. The van der Waals surface area contributed by atoms with Crippen LogP contribution in [0.5, 0.6) is 0 Å². The Bertz CT molecular complexity index is 531. The molecule has 0 heterocycles. The first-order valence-electron chi connectivity index (χ1n) is 9.50. The highest BCUT2D eigenvalue weighted by Gasteiger charge is 2.19. The lowest BCUT2D eigenvalue weighted by Gasteiger charge is -2.17. The molecule has 1 unspecified atom stereocenters. The number of rotatable bonds is 16. The molecule has 0 aliphatic carbocycles. The summed E-state index contributed by atoms with van der Waals surface area (Å²) in [6, 6.07) is -0.587. The molecule has 11 heteroatoms. The third-order valence-electron chi connectivity index (χ3n) is 3.84. The second-order valence-electron chi connectivity index (χ2n) is 6.42. The Kier molecular flexibility index (Phi) is 14.6. The van der Waals surface area contributed by atoms with E-state index in [1.807, 2.05) is 0 Å². The van der Waals surface area contributed by atoms with Crippen LogP contribution in [0.15, 0.2) is 0 Å². The van der Waals surface area contributed by atoms with Crippen LogP contribution in [0.4, 0.5) is 0 Å². The van der Waals surface area contributed by atoms with E-state index in [0.717, 1.165) is 32.8 Å². The van der Waals surface area contributed by atoms with Gasteiger partial charge >= 0.3 is 7.82 Å². The first kappa shape index (κ1) is 26.5. The highest BCUT2D eigenvalue weighted by Crippen LogP contribution is 2.41. The average Bonchev–Trinajstić information content (AvgIpc) is 2.61. The van der Waals surface area contributed by atoms with Gasteiger partial charge in [0, 0.05) is 34.0 Å². The molecule has 28 heavy (non-hydrogen) atoms. The number of amides is 3. The Morgan fingerprint density at radius 1 is 0.929 bits per heavy atom. The van der Waals surface area contributed by atoms with Crippen molar-refractivity contribution in [1.82, 2.24) is 16.0 Å². The van der Waals surface area contributed by atoms with E-state index in [-0.39, 0.29) is 24.3 Å². The summed E-state index contributed by atoms with van der Waals surface area (Å²) in [6.07, 6.45) is 4.92. The molecule has 3 amide bonds. The monoisotopic (exact) mass is 423 g/mol. The van der Waals surface area contributed by atoms with Crippen LogP contribution < -0.4 is 16.0 Å². The van der Waals surface area contributed by atoms with Crippen molar-refractivity contribution in [3.05, 3.63) is 0 Å². The van der Waals surface area contributed by atoms with E-state index < -0.39 is 13.9 Å². The lowest BCUT2D eigenvalue weighted by Crippen LogP contribution is -2.46. The predicted molar refractivity (Wildman–Crippen MR) is 104 cm³/mol. The minimum atomic E-state index is -3.90. The van der Waals surface area contributed by atoms with Gasteiger partial charge in [0.05, 0.1) is 6.61 Å². The lowest BCUT2D eigenvalue weighted by atomic mass is 10.1. The standard InChI is InChI=1S/C17H34N3O7P/c1-14(21)18-11-8-6-10-16(20-15(2)22)17(23)19-12-7-4-5-9-13-27-28(24,25)26-3/h16H,4-13H2,1-3H3,(H,18,21)(H,19,23)(H,20,22)(H,24,25)/t16-/m0/s1. The number of carbonyl (C=O) groups is 3. The number of phosphoric ester groups is 1. The molecule has 0 bridgehead atoms. The number of hydrogen-bond donors (Lipinski definition) is 4. The Morgan fingerprint density at radius 3 is 2.14 bits per heavy atom. The molecule has 10 nitrogen and oxygen atoms in total. The fourth-order valence-corrected chi connectivity index (χ4v) is 2.87. The quantitative estimate of drug-likeness (QED) is 0.216. The van der Waals surface area contributed by atoms with Crippen LogP contribution in [-0.4, -0.2) is 55.5 Å².